The predicted octanol–water partition coefficient (Wildman–Crippen LogP) is 2.60. The molecule has 5 amide bonds. The zero-order valence-electron chi connectivity index (χ0n) is 28.7. The van der Waals surface area contributed by atoms with E-state index in [4.69, 9.17) is 14.2 Å². The fourth-order valence-electron chi connectivity index (χ4n) is 8.21. The monoisotopic (exact) mass is 683 g/mol. The predicted molar refractivity (Wildman–Crippen MR) is 181 cm³/mol. The van der Waals surface area contributed by atoms with Crippen LogP contribution in [-0.4, -0.2) is 109 Å². The fraction of sp³-hybridized carbons (Fsp3) is 0.432. The highest BCUT2D eigenvalue weighted by molar-refractivity contribution is 6.19. The number of urea groups is 1. The lowest BCUT2D eigenvalue weighted by Crippen LogP contribution is -2.67. The second-order valence-corrected chi connectivity index (χ2v) is 13.8. The molecule has 4 aliphatic heterocycles. The van der Waals surface area contributed by atoms with E-state index in [0.29, 0.717) is 61.0 Å². The zero-order chi connectivity index (χ0) is 35.3. The number of hydrogen-bond donors (Lipinski definition) is 0. The molecular formula is C37H41N5O8. The van der Waals surface area contributed by atoms with Gasteiger partial charge in [-0.3, -0.25) is 29.0 Å². The van der Waals surface area contributed by atoms with E-state index in [-0.39, 0.29) is 43.1 Å². The van der Waals surface area contributed by atoms with Crippen molar-refractivity contribution in [1.82, 2.24) is 24.2 Å². The van der Waals surface area contributed by atoms with Gasteiger partial charge in [0.15, 0.2) is 11.5 Å². The molecule has 0 radical (unpaired) electrons. The number of barbiturate groups is 1. The van der Waals surface area contributed by atoms with Crippen LogP contribution in [0.1, 0.15) is 39.5 Å². The van der Waals surface area contributed by atoms with Gasteiger partial charge in [-0.15, -0.1) is 0 Å². The number of piperidine rings is 1. The van der Waals surface area contributed by atoms with E-state index in [1.165, 1.54) is 21.2 Å². The SMILES string of the molecule is COc1c(CC2(CN3CC4CC(C3)c3cccc(=O)n3C4)C(=O)N(C)C(=O)N(C)C2=O)c(CCN(C)C(=O)c2ccccc2)cc2c1OCO2. The number of amides is 5. The Morgan fingerprint density at radius 1 is 0.960 bits per heavy atom. The maximum absolute atomic E-state index is 14.5. The number of aromatic nitrogens is 1. The zero-order valence-corrected chi connectivity index (χ0v) is 28.7. The van der Waals surface area contributed by atoms with Gasteiger partial charge in [0.25, 0.3) is 11.5 Å². The van der Waals surface area contributed by atoms with Crippen LogP contribution in [0, 0.1) is 11.3 Å². The third-order valence-corrected chi connectivity index (χ3v) is 10.6. The first-order chi connectivity index (χ1) is 24.0. The summed E-state index contributed by atoms with van der Waals surface area (Å²) in [5, 5.41) is 0. The van der Waals surface area contributed by atoms with Gasteiger partial charge in [-0.25, -0.2) is 4.79 Å². The van der Waals surface area contributed by atoms with Crippen molar-refractivity contribution in [3.63, 3.8) is 0 Å². The molecule has 2 fully saturated rings. The summed E-state index contributed by atoms with van der Waals surface area (Å²) < 4.78 is 19.4. The highest BCUT2D eigenvalue weighted by atomic mass is 16.7. The van der Waals surface area contributed by atoms with Crippen LogP contribution in [0.25, 0.3) is 0 Å². The Kier molecular flexibility index (Phi) is 8.63. The molecule has 7 rings (SSSR count). The van der Waals surface area contributed by atoms with Gasteiger partial charge in [0, 0.05) is 89.1 Å². The minimum atomic E-state index is -1.69. The van der Waals surface area contributed by atoms with Crippen LogP contribution in [0.15, 0.2) is 59.4 Å². The number of rotatable bonds is 9. The van der Waals surface area contributed by atoms with Crippen LogP contribution in [0.3, 0.4) is 0 Å². The molecule has 5 heterocycles. The first-order valence-corrected chi connectivity index (χ1v) is 16.8. The van der Waals surface area contributed by atoms with Gasteiger partial charge in [0.1, 0.15) is 5.41 Å². The summed E-state index contributed by atoms with van der Waals surface area (Å²) in [6.07, 6.45) is 1.18. The standard InChI is InChI=1S/C37H41N5O8/c1-38(33(44)24-9-6-5-7-10-24)14-13-25-16-29-32(50-22-49-29)31(48-4)27(25)17-37(34(45)39(2)36(47)40(3)35(37)46)21-41-18-23-15-26(20-41)28-11-8-12-30(43)42(28)19-23/h5-12,16,23,26H,13-15,17-22H2,1-4H3. The Hall–Kier alpha value is -5.17. The van der Waals surface area contributed by atoms with Gasteiger partial charge in [0.05, 0.1) is 7.11 Å². The summed E-state index contributed by atoms with van der Waals surface area (Å²) >= 11 is 0. The van der Waals surface area contributed by atoms with Gasteiger partial charge in [-0.05, 0) is 48.6 Å². The summed E-state index contributed by atoms with van der Waals surface area (Å²) in [4.78, 5) is 73.7. The minimum absolute atomic E-state index is 0.0227. The lowest BCUT2D eigenvalue weighted by Gasteiger charge is -2.48. The van der Waals surface area contributed by atoms with Gasteiger partial charge >= 0.3 is 6.03 Å². The number of methoxy groups -OCH3 is 1. The molecule has 2 bridgehead atoms. The van der Waals surface area contributed by atoms with Crippen molar-refractivity contribution in [2.45, 2.75) is 31.7 Å². The molecule has 1 aromatic heterocycles. The van der Waals surface area contributed by atoms with Crippen LogP contribution in [-0.2, 0) is 29.0 Å². The van der Waals surface area contributed by atoms with Crippen LogP contribution in [0.2, 0.25) is 0 Å². The molecule has 2 atom stereocenters. The van der Waals surface area contributed by atoms with Gasteiger partial charge < -0.3 is 28.6 Å². The molecule has 3 aromatic rings. The van der Waals surface area contributed by atoms with Crippen molar-refractivity contribution in [1.29, 1.82) is 0 Å². The van der Waals surface area contributed by atoms with Gasteiger partial charge in [-0.1, -0.05) is 24.3 Å². The third-order valence-electron chi connectivity index (χ3n) is 10.6. The van der Waals surface area contributed by atoms with Crippen molar-refractivity contribution in [2.75, 3.05) is 61.2 Å². The average Bonchev–Trinajstić information content (AvgIpc) is 3.60. The molecule has 50 heavy (non-hydrogen) atoms. The molecule has 0 N–H and O–H groups in total. The smallest absolute Gasteiger partial charge is 0.332 e. The highest BCUT2D eigenvalue weighted by Crippen LogP contribution is 2.48. The second kappa shape index (κ2) is 12.9. The Bertz CT molecular complexity index is 1900. The summed E-state index contributed by atoms with van der Waals surface area (Å²) in [6, 6.07) is 15.5. The number of ether oxygens (including phenoxy) is 3. The maximum Gasteiger partial charge on any atom is 0.332 e. The largest absolute Gasteiger partial charge is 0.492 e. The van der Waals surface area contributed by atoms with Crippen LogP contribution in [0.4, 0.5) is 4.79 Å². The van der Waals surface area contributed by atoms with Crippen LogP contribution >= 0.6 is 0 Å². The topological polar surface area (TPSA) is 131 Å². The van der Waals surface area contributed by atoms with Crippen LogP contribution in [0.5, 0.6) is 17.2 Å². The number of pyridine rings is 1. The Labute approximate surface area is 289 Å². The number of imide groups is 2. The minimum Gasteiger partial charge on any atom is -0.492 e. The summed E-state index contributed by atoms with van der Waals surface area (Å²) in [7, 11) is 6.03. The molecule has 0 saturated carbocycles. The van der Waals surface area contributed by atoms with E-state index in [9.17, 15) is 24.0 Å². The first kappa shape index (κ1) is 33.3. The molecule has 0 spiro atoms. The van der Waals surface area contributed by atoms with Crippen molar-refractivity contribution in [2.24, 2.45) is 11.3 Å². The molecule has 2 aromatic carbocycles. The summed E-state index contributed by atoms with van der Waals surface area (Å²) in [6.45, 7) is 2.04. The fourth-order valence-corrected chi connectivity index (χ4v) is 8.21. The summed E-state index contributed by atoms with van der Waals surface area (Å²) in [5.74, 6) is 0.0480. The molecule has 13 nitrogen and oxygen atoms in total. The quantitative estimate of drug-likeness (QED) is 0.313. The first-order valence-electron chi connectivity index (χ1n) is 16.8. The number of likely N-dealkylation sites (N-methyl/N-ethyl adjacent to an activating group) is 1. The second-order valence-electron chi connectivity index (χ2n) is 13.8. The molecule has 2 unspecified atom stereocenters. The number of hydrogen-bond acceptors (Lipinski definition) is 9. The number of nitrogens with zero attached hydrogens (tertiary/aromatic N) is 5. The average molecular weight is 684 g/mol. The van der Waals surface area contributed by atoms with E-state index in [1.807, 2.05) is 34.9 Å². The van der Waals surface area contributed by atoms with E-state index < -0.39 is 23.3 Å². The molecule has 4 aliphatic rings. The number of carbonyl (C=O) groups excluding carboxylic acids is 4. The highest BCUT2D eigenvalue weighted by Gasteiger charge is 2.57. The lowest BCUT2D eigenvalue weighted by atomic mass is 9.74. The molecule has 262 valence electrons. The maximum atomic E-state index is 14.5. The molecular weight excluding hydrogens is 642 g/mol. The molecule has 2 saturated heterocycles. The Morgan fingerprint density at radius 3 is 2.42 bits per heavy atom. The number of carbonyl (C=O) groups is 4. The van der Waals surface area contributed by atoms with E-state index in [1.54, 1.807) is 36.2 Å². The van der Waals surface area contributed by atoms with Crippen molar-refractivity contribution < 1.29 is 33.4 Å². The third kappa shape index (κ3) is 5.59. The Balaban J connectivity index is 1.27. The van der Waals surface area contributed by atoms with Gasteiger partial charge in [0.2, 0.25) is 24.4 Å². The summed E-state index contributed by atoms with van der Waals surface area (Å²) in [5.41, 5.74) is 1.09. The number of likely N-dealkylation sites (tertiary alicyclic amines) is 1. The van der Waals surface area contributed by atoms with E-state index in [0.717, 1.165) is 27.5 Å². The normalized spacial score (nSPS) is 20.9. The molecule has 0 aliphatic carbocycles. The van der Waals surface area contributed by atoms with Crippen molar-refractivity contribution >= 4 is 23.8 Å². The van der Waals surface area contributed by atoms with Crippen molar-refractivity contribution in [3.05, 3.63) is 87.3 Å². The number of benzene rings is 2. The Morgan fingerprint density at radius 2 is 1.70 bits per heavy atom. The van der Waals surface area contributed by atoms with Crippen molar-refractivity contribution in [3.8, 4) is 17.2 Å². The van der Waals surface area contributed by atoms with E-state index in [2.05, 4.69) is 4.90 Å². The number of fused-ring (bicyclic) bond motifs is 5. The van der Waals surface area contributed by atoms with Gasteiger partial charge in [-0.2, -0.15) is 0 Å². The van der Waals surface area contributed by atoms with Crippen LogP contribution < -0.4 is 19.8 Å². The molecule has 13 heteroatoms. The lowest BCUT2D eigenvalue weighted by molar-refractivity contribution is -0.159. The van der Waals surface area contributed by atoms with E-state index >= 15 is 0 Å².